The van der Waals surface area contributed by atoms with E-state index in [2.05, 4.69) is 35.6 Å². The Morgan fingerprint density at radius 2 is 1.97 bits per heavy atom. The summed E-state index contributed by atoms with van der Waals surface area (Å²) in [6.07, 6.45) is 0.610. The molecule has 1 aliphatic rings. The van der Waals surface area contributed by atoms with E-state index in [0.717, 1.165) is 4.68 Å². The zero-order valence-electron chi connectivity index (χ0n) is 19.9. The van der Waals surface area contributed by atoms with Crippen LogP contribution in [0, 0.1) is 0 Å². The van der Waals surface area contributed by atoms with Crippen LogP contribution in [0.25, 0.3) is 22.8 Å². The van der Waals surface area contributed by atoms with Crippen LogP contribution in [-0.4, -0.2) is 78.0 Å². The van der Waals surface area contributed by atoms with Gasteiger partial charge in [-0.2, -0.15) is 5.10 Å². The molecule has 0 aliphatic carbocycles. The molecule has 192 valence electrons. The van der Waals surface area contributed by atoms with Crippen LogP contribution in [0.5, 0.6) is 5.88 Å². The summed E-state index contributed by atoms with van der Waals surface area (Å²) in [5, 5.41) is 24.8. The second kappa shape index (κ2) is 9.54. The molecular weight excluding hydrogens is 488 g/mol. The number of anilines is 2. The molecule has 1 fully saturated rings. The topological polar surface area (TPSA) is 147 Å². The molecule has 5 rings (SSSR count). The van der Waals surface area contributed by atoms with Crippen LogP contribution in [0.3, 0.4) is 0 Å². The first kappa shape index (κ1) is 24.2. The Bertz CT molecular complexity index is 1440. The second-order valence-corrected chi connectivity index (χ2v) is 8.47. The number of rotatable bonds is 8. The number of alkyl halides is 2. The van der Waals surface area contributed by atoms with Crippen molar-refractivity contribution in [3.8, 4) is 28.7 Å². The molecule has 0 saturated carbocycles. The molecule has 0 radical (unpaired) electrons. The third-order valence-electron chi connectivity index (χ3n) is 5.96. The third-order valence-corrected chi connectivity index (χ3v) is 5.96. The maximum absolute atomic E-state index is 12.7. The number of carbonyl (C=O) groups excluding carboxylic acids is 1. The zero-order valence-corrected chi connectivity index (χ0v) is 19.9. The first-order valence-corrected chi connectivity index (χ1v) is 11.3. The van der Waals surface area contributed by atoms with E-state index in [0.29, 0.717) is 40.7 Å². The van der Waals surface area contributed by atoms with Gasteiger partial charge in [-0.25, -0.2) is 23.7 Å². The lowest BCUT2D eigenvalue weighted by molar-refractivity contribution is -0.143. The van der Waals surface area contributed by atoms with Gasteiger partial charge in [0, 0.05) is 26.2 Å². The number of ether oxygens (including phenoxy) is 1. The molecule has 37 heavy (non-hydrogen) atoms. The van der Waals surface area contributed by atoms with E-state index in [1.807, 2.05) is 0 Å². The molecule has 1 aliphatic heterocycles. The minimum Gasteiger partial charge on any atom is -0.478 e. The number of amides is 1. The smallest absolute Gasteiger partial charge is 0.260 e. The van der Waals surface area contributed by atoms with Crippen LogP contribution in [0.2, 0.25) is 0 Å². The Morgan fingerprint density at radius 3 is 2.68 bits per heavy atom. The van der Waals surface area contributed by atoms with E-state index in [-0.39, 0.29) is 24.2 Å². The maximum atomic E-state index is 12.7. The molecule has 0 unspecified atom stereocenters. The molecule has 0 bridgehead atoms. The summed E-state index contributed by atoms with van der Waals surface area (Å²) < 4.78 is 31.7. The Hall–Kier alpha value is -4.46. The van der Waals surface area contributed by atoms with Gasteiger partial charge in [0.05, 0.1) is 36.1 Å². The summed E-state index contributed by atoms with van der Waals surface area (Å²) in [6.45, 7) is -0.132. The number of H-pyrrole nitrogens is 1. The number of aromatic nitrogens is 7. The van der Waals surface area contributed by atoms with Gasteiger partial charge in [-0.3, -0.25) is 14.6 Å². The second-order valence-electron chi connectivity index (χ2n) is 8.47. The summed E-state index contributed by atoms with van der Waals surface area (Å²) in [7, 11) is 3.02. The number of hydrogen-bond donors (Lipinski definition) is 3. The number of aromatic amines is 1. The predicted molar refractivity (Wildman–Crippen MR) is 127 cm³/mol. The molecule has 3 N–H and O–H groups in total. The highest BCUT2D eigenvalue weighted by Gasteiger charge is 2.46. The van der Waals surface area contributed by atoms with E-state index in [4.69, 9.17) is 4.74 Å². The predicted octanol–water partition coefficient (Wildman–Crippen LogP) is 2.19. The number of halogens is 2. The Morgan fingerprint density at radius 1 is 1.22 bits per heavy atom. The van der Waals surface area contributed by atoms with Crippen LogP contribution < -0.4 is 10.1 Å². The highest BCUT2D eigenvalue weighted by molar-refractivity contribution is 5.88. The largest absolute Gasteiger partial charge is 0.478 e. The minimum atomic E-state index is -2.57. The van der Waals surface area contributed by atoms with Gasteiger partial charge < -0.3 is 20.1 Å². The number of pyridine rings is 1. The number of nitrogens with zero attached hydrogens (tertiary/aromatic N) is 7. The first-order chi connectivity index (χ1) is 17.8. The number of hydrogen-bond acceptors (Lipinski definition) is 9. The number of nitrogens with one attached hydrogen (secondary N) is 2. The summed E-state index contributed by atoms with van der Waals surface area (Å²) in [5.41, 5.74) is 0.954. The molecule has 4 aromatic heterocycles. The van der Waals surface area contributed by atoms with Gasteiger partial charge >= 0.3 is 0 Å². The lowest BCUT2D eigenvalue weighted by Gasteiger charge is -2.18. The number of likely N-dealkylation sites (tertiary alicyclic amines) is 1. The van der Waals surface area contributed by atoms with Crippen LogP contribution in [0.4, 0.5) is 20.4 Å². The first-order valence-electron chi connectivity index (χ1n) is 11.3. The van der Waals surface area contributed by atoms with Crippen molar-refractivity contribution in [1.82, 2.24) is 39.8 Å². The van der Waals surface area contributed by atoms with Crippen molar-refractivity contribution >= 4 is 17.5 Å². The van der Waals surface area contributed by atoms with Crippen LogP contribution >= 0.6 is 0 Å². The van der Waals surface area contributed by atoms with E-state index >= 15 is 0 Å². The van der Waals surface area contributed by atoms with Gasteiger partial charge in [-0.05, 0) is 24.3 Å². The maximum Gasteiger partial charge on any atom is 0.260 e. The third kappa shape index (κ3) is 4.70. The van der Waals surface area contributed by atoms with Crippen molar-refractivity contribution in [1.29, 1.82) is 0 Å². The average molecular weight is 511 g/mol. The lowest BCUT2D eigenvalue weighted by Crippen LogP contribution is -2.36. The molecule has 14 heteroatoms. The van der Waals surface area contributed by atoms with Crippen molar-refractivity contribution in [2.75, 3.05) is 26.0 Å². The van der Waals surface area contributed by atoms with Gasteiger partial charge in [0.2, 0.25) is 5.95 Å². The van der Waals surface area contributed by atoms with Gasteiger partial charge in [0.25, 0.3) is 18.2 Å². The molecule has 1 amide bonds. The van der Waals surface area contributed by atoms with Crippen molar-refractivity contribution < 1.29 is 23.4 Å². The molecule has 5 heterocycles. The lowest BCUT2D eigenvalue weighted by atomic mass is 9.97. The van der Waals surface area contributed by atoms with Crippen molar-refractivity contribution in [2.45, 2.75) is 25.0 Å². The molecule has 12 nitrogen and oxygen atoms in total. The summed E-state index contributed by atoms with van der Waals surface area (Å²) in [5.74, 6) is -0.0766. The minimum absolute atomic E-state index is 0.123. The SMILES string of the molecule is COc1nn(CC(F)F)cc1Nc1nccc(-c2cccc(-c3cc([C@]4(O)CCN(C)C4=O)[nH]n3)n2)n1. The van der Waals surface area contributed by atoms with E-state index in [1.54, 1.807) is 37.4 Å². The highest BCUT2D eigenvalue weighted by Crippen LogP contribution is 2.33. The highest BCUT2D eigenvalue weighted by atomic mass is 19.3. The van der Waals surface area contributed by atoms with Crippen LogP contribution in [-0.2, 0) is 16.9 Å². The quantitative estimate of drug-likeness (QED) is 0.324. The van der Waals surface area contributed by atoms with Gasteiger partial charge in [-0.1, -0.05) is 6.07 Å². The fourth-order valence-corrected chi connectivity index (χ4v) is 4.05. The summed E-state index contributed by atoms with van der Waals surface area (Å²) >= 11 is 0. The number of carbonyl (C=O) groups is 1. The molecule has 0 aromatic carbocycles. The van der Waals surface area contributed by atoms with Gasteiger partial charge in [-0.15, -0.1) is 5.10 Å². The molecule has 1 saturated heterocycles. The number of likely N-dealkylation sites (N-methyl/N-ethyl adjacent to an activating group) is 1. The standard InChI is InChI=1S/C23H23F2N9O3/c1-33-9-7-23(36,21(33)35)18-10-16(30-31-18)14-5-3-4-13(27-14)15-6-8-26-22(28-15)29-17-11-34(12-19(24)25)32-20(17)37-2/h3-6,8,10-11,19,36H,7,9,12H2,1-2H3,(H,30,31)(H,26,28,29)/t23-/m1/s1. The van der Waals surface area contributed by atoms with Crippen LogP contribution in [0.1, 0.15) is 12.1 Å². The monoisotopic (exact) mass is 511 g/mol. The van der Waals surface area contributed by atoms with E-state index in [9.17, 15) is 18.7 Å². The fourth-order valence-electron chi connectivity index (χ4n) is 4.05. The number of methoxy groups -OCH3 is 1. The molecular formula is C23H23F2N9O3. The van der Waals surface area contributed by atoms with Crippen LogP contribution in [0.15, 0.2) is 42.7 Å². The van der Waals surface area contributed by atoms with Gasteiger partial charge in [0.1, 0.15) is 17.9 Å². The Balaban J connectivity index is 1.39. The Kier molecular flexibility index (Phi) is 6.25. The Labute approximate surface area is 209 Å². The molecule has 0 spiro atoms. The van der Waals surface area contributed by atoms with Crippen molar-refractivity contribution in [3.05, 3.63) is 48.4 Å². The van der Waals surface area contributed by atoms with E-state index < -0.39 is 18.6 Å². The van der Waals surface area contributed by atoms with Crippen molar-refractivity contribution in [3.63, 3.8) is 0 Å². The fraction of sp³-hybridized carbons (Fsp3) is 0.304. The average Bonchev–Trinajstić information content (AvgIpc) is 3.60. The summed E-state index contributed by atoms with van der Waals surface area (Å²) in [4.78, 5) is 27.2. The van der Waals surface area contributed by atoms with Gasteiger partial charge in [0.15, 0.2) is 5.60 Å². The number of aliphatic hydroxyl groups is 1. The zero-order chi connectivity index (χ0) is 26.2. The normalized spacial score (nSPS) is 17.6. The van der Waals surface area contributed by atoms with Crippen molar-refractivity contribution in [2.24, 2.45) is 0 Å². The molecule has 1 atom stereocenters. The molecule has 4 aromatic rings. The van der Waals surface area contributed by atoms with E-state index in [1.165, 1.54) is 24.4 Å². The summed E-state index contributed by atoms with van der Waals surface area (Å²) in [6, 6.07) is 8.56.